The molecule has 0 spiro atoms. The number of benzene rings is 2. The molecule has 0 aliphatic rings. The van der Waals surface area contributed by atoms with Gasteiger partial charge in [0.05, 0.1) is 0 Å². The van der Waals surface area contributed by atoms with Gasteiger partial charge >= 0.3 is 5.97 Å². The Hall–Kier alpha value is -2.97. The van der Waals surface area contributed by atoms with Crippen molar-refractivity contribution in [1.29, 1.82) is 0 Å². The van der Waals surface area contributed by atoms with Gasteiger partial charge in [-0.05, 0) is 41.7 Å². The number of amides is 1. The van der Waals surface area contributed by atoms with Crippen LogP contribution in [0, 0.1) is 0 Å². The van der Waals surface area contributed by atoms with Crippen LogP contribution in [-0.4, -0.2) is 45.8 Å². The summed E-state index contributed by atoms with van der Waals surface area (Å²) >= 11 is 2.77. The molecule has 2 aromatic carbocycles. The van der Waals surface area contributed by atoms with Crippen LogP contribution in [0.5, 0.6) is 0 Å². The molecule has 0 fully saturated rings. The molecule has 1 unspecified atom stereocenters. The first-order valence-corrected chi connectivity index (χ1v) is 11.4. The molecule has 0 radical (unpaired) electrons. The molecule has 8 heteroatoms. The minimum atomic E-state index is -1.07. The van der Waals surface area contributed by atoms with Crippen molar-refractivity contribution < 1.29 is 19.5 Å². The molecule has 30 heavy (non-hydrogen) atoms. The van der Waals surface area contributed by atoms with Crippen molar-refractivity contribution >= 4 is 40.8 Å². The van der Waals surface area contributed by atoms with Crippen molar-refractivity contribution in [3.63, 3.8) is 0 Å². The van der Waals surface area contributed by atoms with E-state index in [4.69, 9.17) is 0 Å². The topological polar surface area (TPSA) is 96.4 Å². The number of hydrogen-bond donors (Lipinski definition) is 2. The van der Waals surface area contributed by atoms with Gasteiger partial charge in [0.2, 0.25) is 5.78 Å². The van der Waals surface area contributed by atoms with Crippen LogP contribution in [0.1, 0.15) is 32.1 Å². The molecule has 1 amide bonds. The zero-order valence-corrected chi connectivity index (χ0v) is 17.8. The Labute approximate surface area is 182 Å². The van der Waals surface area contributed by atoms with Crippen LogP contribution in [0.25, 0.3) is 11.1 Å². The quantitative estimate of drug-likeness (QED) is 0.489. The predicted molar refractivity (Wildman–Crippen MR) is 119 cm³/mol. The Morgan fingerprint density at radius 1 is 1.17 bits per heavy atom. The summed E-state index contributed by atoms with van der Waals surface area (Å²) in [5.74, 6) is -1.17. The maximum absolute atomic E-state index is 13.0. The Balaban J connectivity index is 1.98. The van der Waals surface area contributed by atoms with Crippen LogP contribution in [0.3, 0.4) is 0 Å². The van der Waals surface area contributed by atoms with E-state index in [2.05, 4.69) is 10.3 Å². The molecule has 0 saturated carbocycles. The molecule has 1 atom stereocenters. The number of ketones is 1. The number of hydrogen-bond acceptors (Lipinski definition) is 6. The van der Waals surface area contributed by atoms with Crippen LogP contribution >= 0.6 is 23.1 Å². The van der Waals surface area contributed by atoms with E-state index >= 15 is 0 Å². The van der Waals surface area contributed by atoms with E-state index in [-0.39, 0.29) is 5.78 Å². The molecule has 0 saturated heterocycles. The Morgan fingerprint density at radius 2 is 1.93 bits per heavy atom. The number of nitrogens with zero attached hydrogens (tertiary/aromatic N) is 1. The van der Waals surface area contributed by atoms with Gasteiger partial charge in [-0.3, -0.25) is 9.59 Å². The lowest BCUT2D eigenvalue weighted by atomic mass is 9.95. The van der Waals surface area contributed by atoms with E-state index in [0.717, 1.165) is 5.56 Å². The highest BCUT2D eigenvalue weighted by molar-refractivity contribution is 7.98. The van der Waals surface area contributed by atoms with Crippen LogP contribution in [0.15, 0.2) is 60.1 Å². The summed E-state index contributed by atoms with van der Waals surface area (Å²) in [6.45, 7) is 0. The molecular weight excluding hydrogens is 420 g/mol. The first-order valence-electron chi connectivity index (χ1n) is 9.17. The van der Waals surface area contributed by atoms with Crippen molar-refractivity contribution in [2.75, 3.05) is 12.0 Å². The lowest BCUT2D eigenvalue weighted by Crippen LogP contribution is -2.41. The van der Waals surface area contributed by atoms with Crippen molar-refractivity contribution in [2.45, 2.75) is 12.5 Å². The number of aliphatic carboxylic acids is 1. The van der Waals surface area contributed by atoms with E-state index in [0.29, 0.717) is 33.9 Å². The monoisotopic (exact) mass is 440 g/mol. The van der Waals surface area contributed by atoms with Gasteiger partial charge in [-0.1, -0.05) is 36.4 Å². The zero-order chi connectivity index (χ0) is 21.5. The lowest BCUT2D eigenvalue weighted by Gasteiger charge is -2.16. The third-order valence-electron chi connectivity index (χ3n) is 4.45. The first-order chi connectivity index (χ1) is 14.5. The van der Waals surface area contributed by atoms with Gasteiger partial charge in [0.1, 0.15) is 6.04 Å². The second-order valence-electron chi connectivity index (χ2n) is 6.44. The SMILES string of the molecule is CSCCC(NC(=O)c1ccc(C(=O)c2nccs2)cc1-c1ccccc1)C(=O)O. The summed E-state index contributed by atoms with van der Waals surface area (Å²) in [4.78, 5) is 41.3. The molecule has 6 nitrogen and oxygen atoms in total. The average molecular weight is 441 g/mol. The van der Waals surface area contributed by atoms with Crippen LogP contribution < -0.4 is 5.32 Å². The number of nitrogens with one attached hydrogen (secondary N) is 1. The molecule has 0 aliphatic heterocycles. The van der Waals surface area contributed by atoms with E-state index < -0.39 is 17.9 Å². The summed E-state index contributed by atoms with van der Waals surface area (Å²) in [6, 6.07) is 13.0. The zero-order valence-electron chi connectivity index (χ0n) is 16.2. The van der Waals surface area contributed by atoms with Crippen LogP contribution in [-0.2, 0) is 4.79 Å². The summed E-state index contributed by atoms with van der Waals surface area (Å²) < 4.78 is 0. The fourth-order valence-corrected chi connectivity index (χ4v) is 4.00. The molecule has 0 bridgehead atoms. The number of thioether (sulfide) groups is 1. The molecule has 154 valence electrons. The number of rotatable bonds is 9. The maximum atomic E-state index is 13.0. The van der Waals surface area contributed by atoms with Crippen molar-refractivity contribution in [1.82, 2.24) is 10.3 Å². The first kappa shape index (κ1) is 21.7. The predicted octanol–water partition coefficient (Wildman–Crippen LogP) is 3.98. The van der Waals surface area contributed by atoms with Gasteiger partial charge in [-0.15, -0.1) is 11.3 Å². The van der Waals surface area contributed by atoms with Gasteiger partial charge in [-0.25, -0.2) is 9.78 Å². The molecule has 3 rings (SSSR count). The van der Waals surface area contributed by atoms with E-state index in [9.17, 15) is 19.5 Å². The van der Waals surface area contributed by atoms with Crippen LogP contribution in [0.2, 0.25) is 0 Å². The highest BCUT2D eigenvalue weighted by Crippen LogP contribution is 2.27. The van der Waals surface area contributed by atoms with E-state index in [1.807, 2.05) is 36.6 Å². The van der Waals surface area contributed by atoms with Crippen LogP contribution in [0.4, 0.5) is 0 Å². The Kier molecular flexibility index (Phi) is 7.37. The summed E-state index contributed by atoms with van der Waals surface area (Å²) in [7, 11) is 0. The molecule has 3 aromatic rings. The molecule has 2 N–H and O–H groups in total. The van der Waals surface area contributed by atoms with Gasteiger partial charge in [0, 0.05) is 22.7 Å². The minimum Gasteiger partial charge on any atom is -0.480 e. The number of thiazole rings is 1. The van der Waals surface area contributed by atoms with Crippen molar-refractivity contribution in [3.05, 3.63) is 76.2 Å². The number of aromatic nitrogens is 1. The summed E-state index contributed by atoms with van der Waals surface area (Å²) in [5.41, 5.74) is 2.04. The summed E-state index contributed by atoms with van der Waals surface area (Å²) in [6.07, 6.45) is 3.77. The number of carboxylic acid groups (broad SMARTS) is 1. The van der Waals surface area contributed by atoms with Gasteiger partial charge in [0.15, 0.2) is 5.01 Å². The standard InChI is InChI=1S/C22H20N2O4S2/c1-29-11-9-18(22(27)28)24-20(26)16-8-7-15(19(25)21-23-10-12-30-21)13-17(16)14-5-3-2-4-6-14/h2-8,10,12-13,18H,9,11H2,1H3,(H,24,26)(H,27,28). The molecule has 0 aliphatic carbocycles. The fourth-order valence-electron chi connectivity index (χ4n) is 2.93. The highest BCUT2D eigenvalue weighted by Gasteiger charge is 2.23. The molecule has 1 aromatic heterocycles. The Bertz CT molecular complexity index is 1040. The van der Waals surface area contributed by atoms with Gasteiger partial charge in [0.25, 0.3) is 5.91 Å². The highest BCUT2D eigenvalue weighted by atomic mass is 32.2. The Morgan fingerprint density at radius 3 is 2.57 bits per heavy atom. The third-order valence-corrected chi connectivity index (χ3v) is 5.87. The largest absolute Gasteiger partial charge is 0.480 e. The molecule has 1 heterocycles. The average Bonchev–Trinajstić information content (AvgIpc) is 3.31. The second kappa shape index (κ2) is 10.2. The minimum absolute atomic E-state index is 0.225. The number of carboxylic acids is 1. The fraction of sp³-hybridized carbons (Fsp3) is 0.182. The second-order valence-corrected chi connectivity index (χ2v) is 8.32. The third kappa shape index (κ3) is 5.14. The maximum Gasteiger partial charge on any atom is 0.326 e. The number of carbonyl (C=O) groups is 3. The molecular formula is C22H20N2O4S2. The normalized spacial score (nSPS) is 11.6. The summed E-state index contributed by atoms with van der Waals surface area (Å²) in [5, 5.41) is 14.1. The van der Waals surface area contributed by atoms with Gasteiger partial charge in [-0.2, -0.15) is 11.8 Å². The van der Waals surface area contributed by atoms with Crippen molar-refractivity contribution in [2.24, 2.45) is 0 Å². The smallest absolute Gasteiger partial charge is 0.326 e. The number of carbonyl (C=O) groups excluding carboxylic acids is 2. The van der Waals surface area contributed by atoms with Crippen molar-refractivity contribution in [3.8, 4) is 11.1 Å². The van der Waals surface area contributed by atoms with E-state index in [1.54, 1.807) is 29.8 Å². The van der Waals surface area contributed by atoms with Gasteiger partial charge < -0.3 is 10.4 Å². The lowest BCUT2D eigenvalue weighted by molar-refractivity contribution is -0.139. The van der Waals surface area contributed by atoms with E-state index in [1.165, 1.54) is 23.1 Å².